The van der Waals surface area contributed by atoms with Crippen molar-refractivity contribution in [3.8, 4) is 0 Å². The van der Waals surface area contributed by atoms with E-state index in [-0.39, 0.29) is 4.90 Å². The van der Waals surface area contributed by atoms with Crippen molar-refractivity contribution < 1.29 is 12.8 Å². The third-order valence-electron chi connectivity index (χ3n) is 2.29. The molecule has 2 rings (SSSR count). The highest BCUT2D eigenvalue weighted by molar-refractivity contribution is 9.10. The largest absolute Gasteiger partial charge is 0.269 e. The first-order valence-electron chi connectivity index (χ1n) is 4.77. The Morgan fingerprint density at radius 2 is 1.82 bits per heavy atom. The van der Waals surface area contributed by atoms with E-state index in [4.69, 9.17) is 0 Å². The van der Waals surface area contributed by atoms with E-state index in [1.165, 1.54) is 18.3 Å². The van der Waals surface area contributed by atoms with Crippen molar-refractivity contribution in [2.24, 2.45) is 0 Å². The van der Waals surface area contributed by atoms with E-state index in [9.17, 15) is 12.8 Å². The van der Waals surface area contributed by atoms with Gasteiger partial charge in [0.05, 0.1) is 4.90 Å². The zero-order chi connectivity index (χ0) is 12.6. The van der Waals surface area contributed by atoms with Gasteiger partial charge in [-0.25, -0.2) is 12.4 Å². The van der Waals surface area contributed by atoms with E-state index in [1.807, 2.05) is 6.92 Å². The Kier molecular flexibility index (Phi) is 3.09. The molecule has 0 unspecified atom stereocenters. The van der Waals surface area contributed by atoms with Gasteiger partial charge < -0.3 is 0 Å². The second kappa shape index (κ2) is 4.27. The molecule has 0 aliphatic rings. The molecule has 0 aliphatic carbocycles. The molecule has 3 nitrogen and oxygen atoms in total. The molecule has 0 radical (unpaired) electrons. The molecule has 0 spiro atoms. The number of halogens is 2. The normalized spacial score (nSPS) is 11.7. The summed E-state index contributed by atoms with van der Waals surface area (Å²) in [6.45, 7) is 1.85. The van der Waals surface area contributed by atoms with Crippen LogP contribution in [0, 0.1) is 12.9 Å². The summed E-state index contributed by atoms with van der Waals surface area (Å²) >= 11 is 3.03. The maximum Gasteiger partial charge on any atom is 0.269 e. The van der Waals surface area contributed by atoms with E-state index in [2.05, 4.69) is 15.9 Å². The maximum atomic E-state index is 13.4. The molecule has 0 saturated carbocycles. The Balaban J connectivity index is 2.57. The highest BCUT2D eigenvalue weighted by atomic mass is 79.9. The van der Waals surface area contributed by atoms with Crippen molar-refractivity contribution >= 4 is 26.0 Å². The third-order valence-corrected chi connectivity index (χ3v) is 4.39. The van der Waals surface area contributed by atoms with Crippen LogP contribution in [0.5, 0.6) is 0 Å². The first-order valence-corrected chi connectivity index (χ1v) is 7.00. The summed E-state index contributed by atoms with van der Waals surface area (Å²) in [4.78, 5) is 0.0603. The van der Waals surface area contributed by atoms with Gasteiger partial charge in [0.2, 0.25) is 5.95 Å². The first kappa shape index (κ1) is 12.3. The monoisotopic (exact) mass is 317 g/mol. The van der Waals surface area contributed by atoms with Crippen LogP contribution in [0.4, 0.5) is 4.39 Å². The molecule has 0 amide bonds. The fourth-order valence-corrected chi connectivity index (χ4v) is 3.17. The molecule has 0 N–H and O–H groups in total. The summed E-state index contributed by atoms with van der Waals surface area (Å²) in [5, 5.41) is 0. The lowest BCUT2D eigenvalue weighted by molar-refractivity contribution is 0.541. The molecule has 0 aliphatic heterocycles. The Morgan fingerprint density at radius 1 is 1.24 bits per heavy atom. The average Bonchev–Trinajstić information content (AvgIpc) is 2.59. The molecule has 1 heterocycles. The number of aromatic nitrogens is 1. The van der Waals surface area contributed by atoms with Gasteiger partial charge in [-0.15, -0.1) is 0 Å². The van der Waals surface area contributed by atoms with Crippen LogP contribution in [0.15, 0.2) is 45.9 Å². The Labute approximate surface area is 107 Å². The van der Waals surface area contributed by atoms with Gasteiger partial charge in [-0.05, 0) is 35.0 Å². The summed E-state index contributed by atoms with van der Waals surface area (Å²) < 4.78 is 38.6. The molecule has 0 saturated heterocycles. The fourth-order valence-electron chi connectivity index (χ4n) is 1.40. The van der Waals surface area contributed by atoms with Crippen LogP contribution >= 0.6 is 15.9 Å². The van der Waals surface area contributed by atoms with Crippen molar-refractivity contribution in [2.75, 3.05) is 0 Å². The van der Waals surface area contributed by atoms with Gasteiger partial charge >= 0.3 is 0 Å². The summed E-state index contributed by atoms with van der Waals surface area (Å²) in [5.74, 6) is -0.822. The van der Waals surface area contributed by atoms with Crippen molar-refractivity contribution in [1.29, 1.82) is 0 Å². The van der Waals surface area contributed by atoms with Crippen molar-refractivity contribution in [3.05, 3.63) is 52.5 Å². The van der Waals surface area contributed by atoms with Crippen molar-refractivity contribution in [1.82, 2.24) is 3.97 Å². The molecule has 17 heavy (non-hydrogen) atoms. The van der Waals surface area contributed by atoms with Gasteiger partial charge in [0.15, 0.2) is 0 Å². The lowest BCUT2D eigenvalue weighted by Gasteiger charge is -2.06. The molecule has 0 fully saturated rings. The zero-order valence-corrected chi connectivity index (χ0v) is 11.3. The Bertz CT molecular complexity index is 647. The minimum absolute atomic E-state index is 0.0603. The van der Waals surface area contributed by atoms with Gasteiger partial charge in [0.1, 0.15) is 0 Å². The smallest absolute Gasteiger partial charge is 0.215 e. The van der Waals surface area contributed by atoms with Gasteiger partial charge in [-0.3, -0.25) is 0 Å². The van der Waals surface area contributed by atoms with Gasteiger partial charge in [0.25, 0.3) is 10.0 Å². The van der Waals surface area contributed by atoms with Crippen molar-refractivity contribution in [3.63, 3.8) is 0 Å². The van der Waals surface area contributed by atoms with Crippen LogP contribution in [-0.4, -0.2) is 12.4 Å². The second-order valence-corrected chi connectivity index (χ2v) is 6.33. The first-order chi connectivity index (χ1) is 7.91. The average molecular weight is 318 g/mol. The number of aryl methyl sites for hydroxylation is 1. The number of benzene rings is 1. The molecular weight excluding hydrogens is 309 g/mol. The molecule has 1 aromatic carbocycles. The minimum Gasteiger partial charge on any atom is -0.215 e. The predicted molar refractivity (Wildman–Crippen MR) is 65.9 cm³/mol. The van der Waals surface area contributed by atoms with E-state index in [1.54, 1.807) is 12.1 Å². The second-order valence-electron chi connectivity index (χ2n) is 3.59. The van der Waals surface area contributed by atoms with Crippen molar-refractivity contribution in [2.45, 2.75) is 11.8 Å². The summed E-state index contributed by atoms with van der Waals surface area (Å²) in [6.07, 6.45) is 1.19. The standard InChI is InChI=1S/C11H9BrFNO2S/c1-8-2-4-10(5-3-8)17(15,16)14-7-9(12)6-11(14)13/h2-7H,1H3. The highest BCUT2D eigenvalue weighted by Gasteiger charge is 2.20. The lowest BCUT2D eigenvalue weighted by Crippen LogP contribution is -2.13. The SMILES string of the molecule is Cc1ccc(S(=O)(=O)n2cc(Br)cc2F)cc1. The molecular formula is C11H9BrFNO2S. The number of rotatable bonds is 2. The highest BCUT2D eigenvalue weighted by Crippen LogP contribution is 2.20. The minimum atomic E-state index is -3.85. The Hall–Kier alpha value is -1.14. The number of hydrogen-bond acceptors (Lipinski definition) is 2. The molecule has 6 heteroatoms. The number of hydrogen-bond donors (Lipinski definition) is 0. The summed E-state index contributed by atoms with van der Waals surface area (Å²) in [7, 11) is -3.85. The number of nitrogens with zero attached hydrogens (tertiary/aromatic N) is 1. The zero-order valence-electron chi connectivity index (χ0n) is 8.89. The molecule has 2 aromatic rings. The third kappa shape index (κ3) is 2.28. The summed E-state index contributed by atoms with van der Waals surface area (Å²) in [5.41, 5.74) is 0.943. The topological polar surface area (TPSA) is 39.1 Å². The van der Waals surface area contributed by atoms with Crippen LogP contribution in [0.3, 0.4) is 0 Å². The molecule has 0 atom stereocenters. The fraction of sp³-hybridized carbons (Fsp3) is 0.0909. The van der Waals surface area contributed by atoms with Crippen LogP contribution in [-0.2, 0) is 10.0 Å². The lowest BCUT2D eigenvalue weighted by atomic mass is 10.2. The molecule has 90 valence electrons. The molecule has 0 bridgehead atoms. The van der Waals surface area contributed by atoms with Crippen LogP contribution in [0.2, 0.25) is 0 Å². The van der Waals surface area contributed by atoms with Gasteiger partial charge in [-0.2, -0.15) is 4.39 Å². The van der Waals surface area contributed by atoms with E-state index in [0.717, 1.165) is 11.6 Å². The van der Waals surface area contributed by atoms with Gasteiger partial charge in [0, 0.05) is 16.7 Å². The van der Waals surface area contributed by atoms with E-state index in [0.29, 0.717) is 8.45 Å². The van der Waals surface area contributed by atoms with E-state index < -0.39 is 16.0 Å². The van der Waals surface area contributed by atoms with E-state index >= 15 is 0 Å². The quantitative estimate of drug-likeness (QED) is 0.854. The van der Waals surface area contributed by atoms with Crippen LogP contribution in [0.1, 0.15) is 5.56 Å². The predicted octanol–water partition coefficient (Wildman–Crippen LogP) is 2.94. The Morgan fingerprint density at radius 3 is 2.29 bits per heavy atom. The summed E-state index contributed by atoms with van der Waals surface area (Å²) in [6, 6.07) is 7.36. The van der Waals surface area contributed by atoms with Gasteiger partial charge in [-0.1, -0.05) is 17.7 Å². The van der Waals surface area contributed by atoms with Crippen LogP contribution < -0.4 is 0 Å². The van der Waals surface area contributed by atoms with Crippen LogP contribution in [0.25, 0.3) is 0 Å². The molecule has 1 aromatic heterocycles. The maximum absolute atomic E-state index is 13.4.